The van der Waals surface area contributed by atoms with Crippen LogP contribution in [0.5, 0.6) is 23.0 Å². The van der Waals surface area contributed by atoms with Gasteiger partial charge in [-0.2, -0.15) is 0 Å². The quantitative estimate of drug-likeness (QED) is 0.0840. The molecule has 0 amide bonds. The average molecular weight is 807 g/mol. The fourth-order valence-electron chi connectivity index (χ4n) is 7.01. The second-order valence-corrected chi connectivity index (χ2v) is 15.3. The van der Waals surface area contributed by atoms with Gasteiger partial charge in [-0.1, -0.05) is 121 Å². The Hall–Kier alpha value is -6.20. The minimum Gasteiger partial charge on any atom is -0.459 e. The second kappa shape index (κ2) is 17.1. The predicted octanol–water partition coefficient (Wildman–Crippen LogP) is 13.0. The Labute approximate surface area is 339 Å². The summed E-state index contributed by atoms with van der Waals surface area (Å²) >= 11 is 0. The second-order valence-electron chi connectivity index (χ2n) is 14.1. The van der Waals surface area contributed by atoms with Gasteiger partial charge in [0.2, 0.25) is 0 Å². The maximum Gasteiger partial charge on any atom is 0.342 e. The summed E-state index contributed by atoms with van der Waals surface area (Å²) < 4.78 is 37.7. The van der Waals surface area contributed by atoms with E-state index in [2.05, 4.69) is 0 Å². The van der Waals surface area contributed by atoms with Crippen LogP contribution in [-0.4, -0.2) is 24.1 Å². The maximum absolute atomic E-state index is 14.1. The van der Waals surface area contributed by atoms with E-state index in [-0.39, 0.29) is 22.6 Å². The van der Waals surface area contributed by atoms with Gasteiger partial charge >= 0.3 is 11.9 Å². The summed E-state index contributed by atoms with van der Waals surface area (Å²) in [4.78, 5) is 28.3. The lowest BCUT2D eigenvalue weighted by Crippen LogP contribution is -2.14. The van der Waals surface area contributed by atoms with Gasteiger partial charge in [0.1, 0.15) is 34.1 Å². The molecule has 0 saturated carbocycles. The third-order valence-electron chi connectivity index (χ3n) is 9.47. The number of ether oxygens (including phenoxy) is 2. The fraction of sp³-hybridized carbons (Fsp3) is 0.125. The van der Waals surface area contributed by atoms with Crippen LogP contribution in [0.3, 0.4) is 0 Å². The van der Waals surface area contributed by atoms with E-state index in [1.54, 1.807) is 39.8 Å². The zero-order valence-electron chi connectivity index (χ0n) is 32.3. The molecule has 10 heteroatoms. The largest absolute Gasteiger partial charge is 0.459 e. The Morgan fingerprint density at radius 2 is 0.759 bits per heavy atom. The van der Waals surface area contributed by atoms with Gasteiger partial charge in [-0.3, -0.25) is 0 Å². The van der Waals surface area contributed by atoms with E-state index in [4.69, 9.17) is 27.6 Å². The van der Waals surface area contributed by atoms with E-state index in [9.17, 15) is 9.59 Å². The van der Waals surface area contributed by atoms with E-state index in [1.807, 2.05) is 133 Å². The summed E-state index contributed by atoms with van der Waals surface area (Å²) in [7, 11) is -1.16. The first-order chi connectivity index (χ1) is 28.3. The van der Waals surface area contributed by atoms with Gasteiger partial charge in [0.15, 0.2) is 0 Å². The lowest BCUT2D eigenvalue weighted by Gasteiger charge is -2.23. The van der Waals surface area contributed by atoms with Gasteiger partial charge in [0, 0.05) is 21.9 Å². The lowest BCUT2D eigenvalue weighted by molar-refractivity contribution is 0.0365. The van der Waals surface area contributed by atoms with E-state index in [0.717, 1.165) is 43.1 Å². The highest BCUT2D eigenvalue weighted by Gasteiger charge is 2.30. The Bertz CT molecular complexity index is 2610. The van der Waals surface area contributed by atoms with Crippen LogP contribution >= 0.6 is 18.1 Å². The number of rotatable bonds is 13. The molecule has 58 heavy (non-hydrogen) atoms. The minimum atomic E-state index is -0.580. The number of hydrogen-bond acceptors (Lipinski definition) is 8. The zero-order valence-corrected chi connectivity index (χ0v) is 34.3. The fourth-order valence-corrected chi connectivity index (χ4v) is 8.22. The molecule has 0 aliphatic rings. The van der Waals surface area contributed by atoms with Crippen LogP contribution in [0.25, 0.3) is 54.2 Å². The number of carbonyl (C=O) groups excluding carboxylic acids is 2. The van der Waals surface area contributed by atoms with Crippen LogP contribution in [0.2, 0.25) is 0 Å². The molecular formula is C48H40O8P2. The number of benzene rings is 8. The van der Waals surface area contributed by atoms with Crippen molar-refractivity contribution in [2.24, 2.45) is 0 Å². The molecule has 0 N–H and O–H groups in total. The van der Waals surface area contributed by atoms with Crippen LogP contribution in [0.4, 0.5) is 0 Å². The van der Waals surface area contributed by atoms with Gasteiger partial charge in [0.05, 0.1) is 12.2 Å². The molecule has 2 atom stereocenters. The predicted molar refractivity (Wildman–Crippen MR) is 235 cm³/mol. The van der Waals surface area contributed by atoms with Crippen molar-refractivity contribution in [2.75, 3.05) is 0 Å². The van der Waals surface area contributed by atoms with Crippen LogP contribution in [0, 0.1) is 0 Å². The van der Waals surface area contributed by atoms with Crippen molar-refractivity contribution in [3.8, 4) is 34.1 Å². The van der Waals surface area contributed by atoms with Gasteiger partial charge in [-0.25, -0.2) is 9.59 Å². The summed E-state index contributed by atoms with van der Waals surface area (Å²) in [5, 5.41) is 6.86. The molecule has 8 aromatic rings. The molecule has 8 rings (SSSR count). The van der Waals surface area contributed by atoms with Gasteiger partial charge in [-0.15, -0.1) is 0 Å². The van der Waals surface area contributed by atoms with Crippen LogP contribution < -0.4 is 18.1 Å². The van der Waals surface area contributed by atoms with Crippen molar-refractivity contribution >= 4 is 73.1 Å². The molecule has 8 aromatic carbocycles. The number of esters is 2. The third-order valence-corrected chi connectivity index (χ3v) is 10.6. The molecule has 8 nitrogen and oxygen atoms in total. The number of carbonyl (C=O) groups is 2. The highest BCUT2D eigenvalue weighted by Crippen LogP contribution is 2.51. The van der Waals surface area contributed by atoms with Gasteiger partial charge in [-0.05, 0) is 84.3 Å². The van der Waals surface area contributed by atoms with E-state index >= 15 is 0 Å². The SMILES string of the molecule is CC(C)OC(=O)c1cc2ccccc2c(-c2c(OPOc3cccc4ccccc34)c(C(=O)OC(C)C)cc3ccccc23)c1OPOc1cccc2ccccc12. The van der Waals surface area contributed by atoms with Crippen molar-refractivity contribution < 1.29 is 37.2 Å². The third kappa shape index (κ3) is 7.99. The van der Waals surface area contributed by atoms with Gasteiger partial charge in [0.25, 0.3) is 18.1 Å². The first kappa shape index (κ1) is 38.7. The number of fused-ring (bicyclic) bond motifs is 4. The molecule has 0 bridgehead atoms. The monoisotopic (exact) mass is 806 g/mol. The maximum atomic E-state index is 14.1. The molecule has 0 heterocycles. The molecule has 0 aromatic heterocycles. The van der Waals surface area contributed by atoms with Crippen molar-refractivity contribution in [3.05, 3.63) is 157 Å². The molecule has 2 unspecified atom stereocenters. The van der Waals surface area contributed by atoms with Gasteiger partial charge < -0.3 is 27.6 Å². The minimum absolute atomic E-state index is 0.191. The van der Waals surface area contributed by atoms with Crippen LogP contribution in [0.15, 0.2) is 146 Å². The standard InChI is InChI=1S/C48H40O8P2/c1-29(2)51-47(49)39-27-33-17-7-11-23-37(33)43(45(39)55-57-53-41-25-13-19-31-15-5-9-21-35(31)41)44-38-24-12-8-18-34(38)28-40(48(50)52-30(3)4)46(44)56-58-54-42-26-14-20-32-16-6-10-22-36(32)42/h5-30,57-58H,1-4H3. The smallest absolute Gasteiger partial charge is 0.342 e. The van der Waals surface area contributed by atoms with E-state index in [0.29, 0.717) is 22.6 Å². The normalized spacial score (nSPS) is 11.8. The summed E-state index contributed by atoms with van der Waals surface area (Å²) in [6.07, 6.45) is -0.822. The van der Waals surface area contributed by atoms with Crippen molar-refractivity contribution in [3.63, 3.8) is 0 Å². The molecule has 0 fully saturated rings. The molecule has 0 saturated heterocycles. The molecule has 0 radical (unpaired) electrons. The highest BCUT2D eigenvalue weighted by atomic mass is 31.1. The first-order valence-electron chi connectivity index (χ1n) is 18.9. The topological polar surface area (TPSA) is 89.5 Å². The van der Waals surface area contributed by atoms with Crippen molar-refractivity contribution in [1.82, 2.24) is 0 Å². The molecule has 0 aliphatic carbocycles. The average Bonchev–Trinajstić information content (AvgIpc) is 3.23. The zero-order chi connectivity index (χ0) is 40.2. The highest BCUT2D eigenvalue weighted by molar-refractivity contribution is 7.27. The van der Waals surface area contributed by atoms with Crippen LogP contribution in [0.1, 0.15) is 48.4 Å². The van der Waals surface area contributed by atoms with E-state index in [1.165, 1.54) is 0 Å². The Morgan fingerprint density at radius 1 is 0.414 bits per heavy atom. The molecule has 0 aliphatic heterocycles. The Kier molecular flexibility index (Phi) is 11.4. The Balaban J connectivity index is 1.34. The van der Waals surface area contributed by atoms with Crippen LogP contribution in [-0.2, 0) is 9.47 Å². The lowest BCUT2D eigenvalue weighted by atomic mass is 9.88. The van der Waals surface area contributed by atoms with Crippen molar-refractivity contribution in [2.45, 2.75) is 39.9 Å². The molecular weight excluding hydrogens is 766 g/mol. The first-order valence-corrected chi connectivity index (χ1v) is 20.6. The Morgan fingerprint density at radius 3 is 1.16 bits per heavy atom. The van der Waals surface area contributed by atoms with Crippen molar-refractivity contribution in [1.29, 1.82) is 0 Å². The summed E-state index contributed by atoms with van der Waals surface area (Å²) in [6.45, 7) is 7.19. The summed E-state index contributed by atoms with van der Waals surface area (Å²) in [5.41, 5.74) is 1.42. The molecule has 0 spiro atoms. The summed E-state index contributed by atoms with van der Waals surface area (Å²) in [6, 6.07) is 46.5. The van der Waals surface area contributed by atoms with E-state index < -0.39 is 42.2 Å². The summed E-state index contributed by atoms with van der Waals surface area (Å²) in [5.74, 6) is 0.538. The molecule has 290 valence electrons. The number of hydrogen-bond donors (Lipinski definition) is 0.